The minimum absolute atomic E-state index is 0.0368. The molecule has 0 N–H and O–H groups in total. The second-order valence-corrected chi connectivity index (χ2v) is 7.01. The van der Waals surface area contributed by atoms with Gasteiger partial charge in [-0.3, -0.25) is 4.79 Å². The van der Waals surface area contributed by atoms with Crippen LogP contribution in [0.4, 0.5) is 3.89 Å². The number of hydrogen-bond donors (Lipinski definition) is 0. The number of rotatable bonds is 5. The zero-order valence-electron chi connectivity index (χ0n) is 12.0. The smallest absolute Gasteiger partial charge is 0.307 e. The molecule has 0 saturated carbocycles. The van der Waals surface area contributed by atoms with E-state index in [-0.39, 0.29) is 31.5 Å². The summed E-state index contributed by atoms with van der Waals surface area (Å²) in [5.41, 5.74) is 0.818. The van der Waals surface area contributed by atoms with Gasteiger partial charge in [0.2, 0.25) is 5.91 Å². The molecule has 1 amide bonds. The Morgan fingerprint density at radius 1 is 1.43 bits per heavy atom. The first-order valence-electron chi connectivity index (χ1n) is 6.72. The molecule has 0 spiro atoms. The number of carbonyl (C=O) groups is 1. The fraction of sp³-hybridized carbons (Fsp3) is 0.500. The maximum absolute atomic E-state index is 13.0. The van der Waals surface area contributed by atoms with E-state index < -0.39 is 15.5 Å². The van der Waals surface area contributed by atoms with Gasteiger partial charge in [-0.1, -0.05) is 12.1 Å². The average molecular weight is 315 g/mol. The lowest BCUT2D eigenvalue weighted by molar-refractivity contribution is -0.128. The van der Waals surface area contributed by atoms with Crippen LogP contribution < -0.4 is 4.74 Å². The summed E-state index contributed by atoms with van der Waals surface area (Å²) in [5.74, 6) is 0.334. The lowest BCUT2D eigenvalue weighted by atomic mass is 10.2. The molecule has 0 aliphatic carbocycles. The fourth-order valence-electron chi connectivity index (χ4n) is 2.29. The fourth-order valence-corrected chi connectivity index (χ4v) is 2.99. The van der Waals surface area contributed by atoms with Crippen molar-refractivity contribution in [1.29, 1.82) is 0 Å². The number of amides is 1. The van der Waals surface area contributed by atoms with Crippen molar-refractivity contribution < 1.29 is 21.8 Å². The molecule has 116 valence electrons. The van der Waals surface area contributed by atoms with E-state index in [1.165, 1.54) is 4.90 Å². The largest absolute Gasteiger partial charge is 0.491 e. The van der Waals surface area contributed by atoms with Gasteiger partial charge in [0.15, 0.2) is 0 Å². The van der Waals surface area contributed by atoms with Gasteiger partial charge in [0.1, 0.15) is 11.0 Å². The predicted octanol–water partition coefficient (Wildman–Crippen LogP) is 1.87. The van der Waals surface area contributed by atoms with E-state index in [0.717, 1.165) is 5.56 Å². The van der Waals surface area contributed by atoms with Crippen LogP contribution in [0.25, 0.3) is 0 Å². The van der Waals surface area contributed by atoms with E-state index in [1.54, 1.807) is 12.1 Å². The Hall–Kier alpha value is -1.63. The monoisotopic (exact) mass is 315 g/mol. The summed E-state index contributed by atoms with van der Waals surface area (Å²) in [6.45, 7) is 3.97. The summed E-state index contributed by atoms with van der Waals surface area (Å²) < 4.78 is 40.3. The normalized spacial score (nSPS) is 19.3. The van der Waals surface area contributed by atoms with Crippen LogP contribution in [0.2, 0.25) is 0 Å². The van der Waals surface area contributed by atoms with Crippen molar-refractivity contribution in [3.63, 3.8) is 0 Å². The van der Waals surface area contributed by atoms with Gasteiger partial charge >= 0.3 is 10.2 Å². The lowest BCUT2D eigenvalue weighted by Gasteiger charge is -2.17. The first-order chi connectivity index (χ1) is 9.75. The SMILES string of the molecule is CC(C)Oc1cccc(CN2CC(S(=O)(=O)F)CC2=O)c1. The second kappa shape index (κ2) is 6.01. The zero-order chi connectivity index (χ0) is 15.6. The Morgan fingerprint density at radius 3 is 2.71 bits per heavy atom. The van der Waals surface area contributed by atoms with Gasteiger partial charge in [-0.2, -0.15) is 8.42 Å². The van der Waals surface area contributed by atoms with Gasteiger partial charge in [0.05, 0.1) is 6.10 Å². The molecule has 1 aliphatic rings. The third-order valence-electron chi connectivity index (χ3n) is 3.22. The number of halogens is 1. The highest BCUT2D eigenvalue weighted by Crippen LogP contribution is 2.23. The molecule has 1 saturated heterocycles. The highest BCUT2D eigenvalue weighted by Gasteiger charge is 2.38. The molecule has 0 bridgehead atoms. The first kappa shape index (κ1) is 15.8. The van der Waals surface area contributed by atoms with Crippen LogP contribution in [-0.4, -0.2) is 37.1 Å². The van der Waals surface area contributed by atoms with Gasteiger partial charge < -0.3 is 9.64 Å². The third kappa shape index (κ3) is 4.17. The molecule has 5 nitrogen and oxygen atoms in total. The molecule has 1 heterocycles. The van der Waals surface area contributed by atoms with Crippen molar-refractivity contribution in [2.24, 2.45) is 0 Å². The van der Waals surface area contributed by atoms with E-state index in [4.69, 9.17) is 4.74 Å². The van der Waals surface area contributed by atoms with Crippen LogP contribution in [0.5, 0.6) is 5.75 Å². The quantitative estimate of drug-likeness (QED) is 0.778. The van der Waals surface area contributed by atoms with Crippen molar-refractivity contribution in [3.8, 4) is 5.75 Å². The van der Waals surface area contributed by atoms with Crippen LogP contribution >= 0.6 is 0 Å². The van der Waals surface area contributed by atoms with Crippen molar-refractivity contribution in [3.05, 3.63) is 29.8 Å². The predicted molar refractivity (Wildman–Crippen MR) is 76.1 cm³/mol. The number of carbonyl (C=O) groups excluding carboxylic acids is 1. The average Bonchev–Trinajstić information content (AvgIpc) is 2.70. The van der Waals surface area contributed by atoms with Gasteiger partial charge in [-0.05, 0) is 31.5 Å². The maximum atomic E-state index is 13.0. The molecule has 1 fully saturated rings. The number of benzene rings is 1. The van der Waals surface area contributed by atoms with Crippen molar-refractivity contribution >= 4 is 16.1 Å². The molecule has 1 unspecified atom stereocenters. The number of ether oxygens (including phenoxy) is 1. The summed E-state index contributed by atoms with van der Waals surface area (Å²) >= 11 is 0. The molecule has 0 aromatic heterocycles. The van der Waals surface area contributed by atoms with Crippen molar-refractivity contribution in [2.75, 3.05) is 6.54 Å². The summed E-state index contributed by atoms with van der Waals surface area (Å²) in [7, 11) is -4.67. The Balaban J connectivity index is 2.07. The molecule has 2 rings (SSSR count). The first-order valence-corrected chi connectivity index (χ1v) is 8.17. The van der Waals surface area contributed by atoms with Crippen LogP contribution in [0.1, 0.15) is 25.8 Å². The van der Waals surface area contributed by atoms with Gasteiger partial charge in [-0.15, -0.1) is 3.89 Å². The molecule has 21 heavy (non-hydrogen) atoms. The van der Waals surface area contributed by atoms with Crippen molar-refractivity contribution in [2.45, 2.75) is 38.2 Å². The van der Waals surface area contributed by atoms with Crippen molar-refractivity contribution in [1.82, 2.24) is 4.90 Å². The number of nitrogens with zero attached hydrogens (tertiary/aromatic N) is 1. The molecular weight excluding hydrogens is 297 g/mol. The highest BCUT2D eigenvalue weighted by molar-refractivity contribution is 7.87. The topological polar surface area (TPSA) is 63.7 Å². The molecule has 1 atom stereocenters. The van der Waals surface area contributed by atoms with E-state index in [0.29, 0.717) is 5.75 Å². The summed E-state index contributed by atoms with van der Waals surface area (Å²) in [6.07, 6.45) is -0.254. The Bertz CT molecular complexity index is 630. The van der Waals surface area contributed by atoms with Crippen LogP contribution in [0, 0.1) is 0 Å². The molecule has 7 heteroatoms. The van der Waals surface area contributed by atoms with Gasteiger partial charge in [-0.25, -0.2) is 0 Å². The van der Waals surface area contributed by atoms with E-state index >= 15 is 0 Å². The maximum Gasteiger partial charge on any atom is 0.307 e. The number of hydrogen-bond acceptors (Lipinski definition) is 4. The van der Waals surface area contributed by atoms with Gasteiger partial charge in [0.25, 0.3) is 0 Å². The molecular formula is C14H18FNO4S. The van der Waals surface area contributed by atoms with Gasteiger partial charge in [0, 0.05) is 19.5 Å². The minimum atomic E-state index is -4.67. The van der Waals surface area contributed by atoms with E-state index in [2.05, 4.69) is 0 Å². The summed E-state index contributed by atoms with van der Waals surface area (Å²) in [4.78, 5) is 13.1. The Kier molecular flexibility index (Phi) is 4.51. The lowest BCUT2D eigenvalue weighted by Crippen LogP contribution is -2.26. The molecule has 0 radical (unpaired) electrons. The standard InChI is InChI=1S/C14H18FNO4S/c1-10(2)20-12-5-3-4-11(6-12)8-16-9-13(7-14(16)17)21(15,18)19/h3-6,10,13H,7-9H2,1-2H3. The Morgan fingerprint density at radius 2 is 2.14 bits per heavy atom. The Labute approximate surface area is 123 Å². The van der Waals surface area contributed by atoms with E-state index in [1.807, 2.05) is 26.0 Å². The summed E-state index contributed by atoms with van der Waals surface area (Å²) in [6, 6.07) is 7.23. The third-order valence-corrected chi connectivity index (χ3v) is 4.33. The van der Waals surface area contributed by atoms with Crippen LogP contribution in [0.15, 0.2) is 24.3 Å². The zero-order valence-corrected chi connectivity index (χ0v) is 12.8. The molecule has 1 aliphatic heterocycles. The number of likely N-dealkylation sites (tertiary alicyclic amines) is 1. The van der Waals surface area contributed by atoms with E-state index in [9.17, 15) is 17.1 Å². The highest BCUT2D eigenvalue weighted by atomic mass is 32.3. The van der Waals surface area contributed by atoms with Crippen LogP contribution in [0.3, 0.4) is 0 Å². The molecule has 1 aromatic rings. The minimum Gasteiger partial charge on any atom is -0.491 e. The summed E-state index contributed by atoms with van der Waals surface area (Å²) in [5, 5.41) is -1.25. The second-order valence-electron chi connectivity index (χ2n) is 5.39. The van der Waals surface area contributed by atoms with Crippen LogP contribution in [-0.2, 0) is 21.6 Å². The molecule has 1 aromatic carbocycles.